The number of sulfonamides is 1. The zero-order chi connectivity index (χ0) is 17.0. The van der Waals surface area contributed by atoms with Gasteiger partial charge in [-0.3, -0.25) is 4.79 Å². The normalized spacial score (nSPS) is 16.3. The largest absolute Gasteiger partial charge is 0.340 e. The molecule has 23 heavy (non-hydrogen) atoms. The quantitative estimate of drug-likeness (QED) is 0.765. The second-order valence-corrected chi connectivity index (χ2v) is 7.09. The predicted molar refractivity (Wildman–Crippen MR) is 81.1 cm³/mol. The van der Waals surface area contributed by atoms with Crippen molar-refractivity contribution in [3.63, 3.8) is 0 Å². The van der Waals surface area contributed by atoms with Gasteiger partial charge in [0.15, 0.2) is 0 Å². The van der Waals surface area contributed by atoms with E-state index in [0.717, 1.165) is 16.4 Å². The molecule has 1 heterocycles. The van der Waals surface area contributed by atoms with E-state index >= 15 is 0 Å². The minimum atomic E-state index is -4.04. The number of hydrogen-bond donors (Lipinski definition) is 0. The van der Waals surface area contributed by atoms with Crippen LogP contribution in [0.25, 0.3) is 0 Å². The Bertz CT molecular complexity index is 699. The van der Waals surface area contributed by atoms with E-state index in [1.54, 1.807) is 11.0 Å². The van der Waals surface area contributed by atoms with Crippen molar-refractivity contribution in [1.82, 2.24) is 9.21 Å². The molecule has 0 atom stereocenters. The number of carbonyl (C=O) groups excluding carboxylic acids is 1. The van der Waals surface area contributed by atoms with Gasteiger partial charge in [0.2, 0.25) is 15.9 Å². The summed E-state index contributed by atoms with van der Waals surface area (Å²) in [6, 6.07) is 2.37. The highest BCUT2D eigenvalue weighted by Gasteiger charge is 2.31. The van der Waals surface area contributed by atoms with Gasteiger partial charge >= 0.3 is 0 Å². The van der Waals surface area contributed by atoms with Gasteiger partial charge in [-0.05, 0) is 18.6 Å². The van der Waals surface area contributed by atoms with Gasteiger partial charge in [-0.25, -0.2) is 17.2 Å². The molecule has 5 nitrogen and oxygen atoms in total. The number of amides is 1. The lowest BCUT2D eigenvalue weighted by Crippen LogP contribution is -2.50. The lowest BCUT2D eigenvalue weighted by Gasteiger charge is -2.34. The highest BCUT2D eigenvalue weighted by atomic mass is 32.2. The van der Waals surface area contributed by atoms with Crippen molar-refractivity contribution in [1.29, 1.82) is 0 Å². The molecule has 0 saturated carbocycles. The van der Waals surface area contributed by atoms with E-state index in [1.807, 2.05) is 0 Å². The summed E-state index contributed by atoms with van der Waals surface area (Å²) >= 11 is 0. The fraction of sp³-hybridized carbons (Fsp3) is 0.400. The number of hydrogen-bond acceptors (Lipinski definition) is 3. The average Bonchev–Trinajstić information content (AvgIpc) is 2.52. The van der Waals surface area contributed by atoms with Crippen LogP contribution in [0.3, 0.4) is 0 Å². The summed E-state index contributed by atoms with van der Waals surface area (Å²) in [5.74, 6) is -2.01. The predicted octanol–water partition coefficient (Wildman–Crippen LogP) is 1.76. The molecule has 8 heteroatoms. The third-order valence-electron chi connectivity index (χ3n) is 3.67. The molecule has 126 valence electrons. The molecule has 0 aliphatic carbocycles. The number of nitrogens with zero attached hydrogens (tertiary/aromatic N) is 2. The first kappa shape index (κ1) is 17.6. The minimum absolute atomic E-state index is 0.0603. The average molecular weight is 344 g/mol. The molecule has 0 bridgehead atoms. The van der Waals surface area contributed by atoms with Gasteiger partial charge < -0.3 is 4.90 Å². The number of allylic oxidation sites excluding steroid dienone is 1. The Morgan fingerprint density at radius 3 is 2.43 bits per heavy atom. The van der Waals surface area contributed by atoms with Crippen LogP contribution in [-0.4, -0.2) is 49.7 Å². The lowest BCUT2D eigenvalue weighted by molar-refractivity contribution is -0.132. The first-order valence-corrected chi connectivity index (χ1v) is 8.64. The van der Waals surface area contributed by atoms with Gasteiger partial charge in [0.1, 0.15) is 16.5 Å². The van der Waals surface area contributed by atoms with Crippen LogP contribution < -0.4 is 0 Å². The Kier molecular flexibility index (Phi) is 5.48. The van der Waals surface area contributed by atoms with Crippen molar-refractivity contribution in [3.05, 3.63) is 42.5 Å². The molecular weight excluding hydrogens is 326 g/mol. The van der Waals surface area contributed by atoms with E-state index in [1.165, 1.54) is 0 Å². The van der Waals surface area contributed by atoms with Gasteiger partial charge in [-0.15, -0.1) is 6.58 Å². The van der Waals surface area contributed by atoms with Crippen molar-refractivity contribution in [2.75, 3.05) is 26.2 Å². The summed E-state index contributed by atoms with van der Waals surface area (Å²) in [6.45, 7) is 4.21. The van der Waals surface area contributed by atoms with Gasteiger partial charge in [-0.2, -0.15) is 4.31 Å². The van der Waals surface area contributed by atoms with E-state index in [4.69, 9.17) is 0 Å². The molecular formula is C15H18F2N2O3S. The molecule has 0 aromatic heterocycles. The van der Waals surface area contributed by atoms with Crippen LogP contribution in [0.2, 0.25) is 0 Å². The van der Waals surface area contributed by atoms with Gasteiger partial charge in [0, 0.05) is 38.7 Å². The summed E-state index contributed by atoms with van der Waals surface area (Å²) in [7, 11) is -4.04. The Balaban J connectivity index is 2.06. The Morgan fingerprint density at radius 1 is 1.22 bits per heavy atom. The molecule has 1 aromatic rings. The second kappa shape index (κ2) is 7.18. The monoisotopic (exact) mass is 344 g/mol. The molecule has 1 amide bonds. The van der Waals surface area contributed by atoms with Crippen LogP contribution in [0.1, 0.15) is 12.8 Å². The summed E-state index contributed by atoms with van der Waals surface area (Å²) in [4.78, 5) is 12.9. The Morgan fingerprint density at radius 2 is 1.87 bits per heavy atom. The molecule has 0 unspecified atom stereocenters. The first-order chi connectivity index (χ1) is 10.9. The van der Waals surface area contributed by atoms with Crippen LogP contribution in [-0.2, 0) is 14.8 Å². The van der Waals surface area contributed by atoms with Crippen LogP contribution in [0, 0.1) is 11.6 Å². The van der Waals surface area contributed by atoms with Crippen molar-refractivity contribution >= 4 is 15.9 Å². The third kappa shape index (κ3) is 3.94. The summed E-state index contributed by atoms with van der Waals surface area (Å²) in [6.07, 6.45) is 2.55. The van der Waals surface area contributed by atoms with Crippen LogP contribution in [0.4, 0.5) is 8.78 Å². The zero-order valence-electron chi connectivity index (χ0n) is 12.5. The highest BCUT2D eigenvalue weighted by molar-refractivity contribution is 7.89. The molecule has 1 aliphatic rings. The number of carbonyl (C=O) groups is 1. The fourth-order valence-electron chi connectivity index (χ4n) is 2.39. The third-order valence-corrected chi connectivity index (χ3v) is 5.60. The van der Waals surface area contributed by atoms with Gasteiger partial charge in [0.25, 0.3) is 0 Å². The maximum absolute atomic E-state index is 13.7. The summed E-state index contributed by atoms with van der Waals surface area (Å²) in [5.41, 5.74) is 0. The van der Waals surface area contributed by atoms with Crippen LogP contribution in [0.15, 0.2) is 35.7 Å². The molecule has 0 spiro atoms. The molecule has 1 aromatic carbocycles. The number of halogens is 2. The van der Waals surface area contributed by atoms with Crippen LogP contribution >= 0.6 is 0 Å². The summed E-state index contributed by atoms with van der Waals surface area (Å²) < 4.78 is 52.6. The minimum Gasteiger partial charge on any atom is -0.340 e. The summed E-state index contributed by atoms with van der Waals surface area (Å²) in [5, 5.41) is 0. The van der Waals surface area contributed by atoms with Gasteiger partial charge in [-0.1, -0.05) is 6.08 Å². The maximum Gasteiger partial charge on any atom is 0.246 e. The molecule has 1 saturated heterocycles. The Labute approximate surface area is 134 Å². The molecule has 2 rings (SSSR count). The fourth-order valence-corrected chi connectivity index (χ4v) is 3.85. The maximum atomic E-state index is 13.7. The van der Waals surface area contributed by atoms with E-state index < -0.39 is 26.6 Å². The first-order valence-electron chi connectivity index (χ1n) is 7.20. The van der Waals surface area contributed by atoms with Crippen LogP contribution in [0.5, 0.6) is 0 Å². The number of piperazine rings is 1. The number of rotatable bonds is 5. The van der Waals surface area contributed by atoms with E-state index in [9.17, 15) is 22.0 Å². The standard InChI is InChI=1S/C15H18F2N2O3S/c1-2-3-4-15(20)18-7-9-19(10-8-18)23(21,22)14-6-5-12(16)11-13(14)17/h2,5-6,11H,1,3-4,7-10H2. The number of benzene rings is 1. The topological polar surface area (TPSA) is 57.7 Å². The van der Waals surface area contributed by atoms with Crippen molar-refractivity contribution in [2.24, 2.45) is 0 Å². The van der Waals surface area contributed by atoms with E-state index in [0.29, 0.717) is 18.9 Å². The van der Waals surface area contributed by atoms with Crippen molar-refractivity contribution in [2.45, 2.75) is 17.7 Å². The van der Waals surface area contributed by atoms with E-state index in [-0.39, 0.29) is 32.1 Å². The molecule has 0 radical (unpaired) electrons. The molecule has 1 aliphatic heterocycles. The molecule has 1 fully saturated rings. The van der Waals surface area contributed by atoms with Gasteiger partial charge in [0.05, 0.1) is 0 Å². The lowest BCUT2D eigenvalue weighted by atomic mass is 10.2. The SMILES string of the molecule is C=CCCC(=O)N1CCN(S(=O)(=O)c2ccc(F)cc2F)CC1. The highest BCUT2D eigenvalue weighted by Crippen LogP contribution is 2.21. The Hall–Kier alpha value is -1.80. The van der Waals surface area contributed by atoms with Crippen molar-refractivity contribution < 1.29 is 22.0 Å². The second-order valence-electron chi connectivity index (χ2n) is 5.19. The molecule has 0 N–H and O–H groups in total. The zero-order valence-corrected chi connectivity index (χ0v) is 13.4. The smallest absolute Gasteiger partial charge is 0.246 e. The van der Waals surface area contributed by atoms with Crippen molar-refractivity contribution in [3.8, 4) is 0 Å². The van der Waals surface area contributed by atoms with E-state index in [2.05, 4.69) is 6.58 Å².